The number of methoxy groups -OCH3 is 1. The van der Waals surface area contributed by atoms with Crippen LogP contribution in [0, 0.1) is 0 Å². The summed E-state index contributed by atoms with van der Waals surface area (Å²) in [6.07, 6.45) is 1.68. The maximum absolute atomic E-state index is 8.54. The quantitative estimate of drug-likeness (QED) is 0.740. The number of aliphatic hydroxyl groups is 1. The number of hydrogen-bond donors (Lipinski definition) is 1. The lowest BCUT2D eigenvalue weighted by atomic mass is 10.3. The molecule has 1 N–H and O–H groups in total. The molecule has 0 bridgehead atoms. The zero-order valence-corrected chi connectivity index (χ0v) is 7.23. The van der Waals surface area contributed by atoms with E-state index in [-0.39, 0.29) is 6.61 Å². The lowest BCUT2D eigenvalue weighted by molar-refractivity contribution is 0.289. The molecule has 0 unspecified atom stereocenters. The fourth-order valence-corrected chi connectivity index (χ4v) is 1.48. The van der Waals surface area contributed by atoms with E-state index < -0.39 is 0 Å². The van der Waals surface area contributed by atoms with Crippen LogP contribution >= 0.6 is 11.5 Å². The van der Waals surface area contributed by atoms with Crippen LogP contribution in [-0.4, -0.2) is 23.2 Å². The number of aliphatic hydroxyl groups excluding tert-OH is 1. The molecule has 0 aliphatic heterocycles. The van der Waals surface area contributed by atoms with E-state index >= 15 is 0 Å². The van der Waals surface area contributed by atoms with E-state index in [1.54, 1.807) is 7.11 Å². The Morgan fingerprint density at radius 2 is 2.55 bits per heavy atom. The highest BCUT2D eigenvalue weighted by Crippen LogP contribution is 2.17. The average Bonchev–Trinajstić information content (AvgIpc) is 2.48. The third-order valence-corrected chi connectivity index (χ3v) is 2.16. The van der Waals surface area contributed by atoms with Crippen molar-refractivity contribution >= 4 is 11.5 Å². The van der Waals surface area contributed by atoms with Crippen LogP contribution in [0.15, 0.2) is 6.07 Å². The number of nitrogens with zero attached hydrogens (tertiary/aromatic N) is 1. The molecule has 1 aromatic rings. The smallest absolute Gasteiger partial charge is 0.225 e. The molecule has 0 amide bonds. The predicted octanol–water partition coefficient (Wildman–Crippen LogP) is 1.08. The first kappa shape index (κ1) is 8.49. The van der Waals surface area contributed by atoms with Gasteiger partial charge in [0.05, 0.1) is 7.11 Å². The summed E-state index contributed by atoms with van der Waals surface area (Å²) >= 11 is 1.43. The number of aryl methyl sites for hydroxylation is 1. The van der Waals surface area contributed by atoms with Gasteiger partial charge in [-0.3, -0.25) is 0 Å². The topological polar surface area (TPSA) is 42.4 Å². The fourth-order valence-electron chi connectivity index (χ4n) is 0.761. The third kappa shape index (κ3) is 2.48. The van der Waals surface area contributed by atoms with Crippen molar-refractivity contribution in [3.63, 3.8) is 0 Å². The second-order valence-corrected chi connectivity index (χ2v) is 3.05. The Labute approximate surface area is 69.8 Å². The highest BCUT2D eigenvalue weighted by atomic mass is 32.1. The summed E-state index contributed by atoms with van der Waals surface area (Å²) in [6.45, 7) is 0.236. The van der Waals surface area contributed by atoms with Crippen molar-refractivity contribution in [2.24, 2.45) is 0 Å². The van der Waals surface area contributed by atoms with Crippen molar-refractivity contribution in [1.29, 1.82) is 0 Å². The van der Waals surface area contributed by atoms with Crippen LogP contribution in [0.3, 0.4) is 0 Å². The summed E-state index contributed by atoms with van der Waals surface area (Å²) in [5, 5.41) is 8.54. The van der Waals surface area contributed by atoms with Gasteiger partial charge in [0.25, 0.3) is 0 Å². The molecule has 62 valence electrons. The highest BCUT2D eigenvalue weighted by molar-refractivity contribution is 7.05. The minimum absolute atomic E-state index is 0.236. The Balaban J connectivity index is 2.44. The van der Waals surface area contributed by atoms with E-state index in [1.165, 1.54) is 11.5 Å². The van der Waals surface area contributed by atoms with E-state index in [4.69, 9.17) is 9.84 Å². The minimum Gasteiger partial charge on any atom is -0.480 e. The SMILES string of the molecule is COc1cc(CCCO)sn1. The van der Waals surface area contributed by atoms with Gasteiger partial charge in [-0.05, 0) is 24.4 Å². The van der Waals surface area contributed by atoms with Crippen LogP contribution in [-0.2, 0) is 6.42 Å². The van der Waals surface area contributed by atoms with Gasteiger partial charge in [0.2, 0.25) is 5.88 Å². The lowest BCUT2D eigenvalue weighted by Crippen LogP contribution is -1.85. The Bertz CT molecular complexity index is 212. The molecule has 0 aromatic carbocycles. The Kier molecular flexibility index (Phi) is 3.32. The lowest BCUT2D eigenvalue weighted by Gasteiger charge is -1.90. The fraction of sp³-hybridized carbons (Fsp3) is 0.571. The molecule has 1 heterocycles. The van der Waals surface area contributed by atoms with Gasteiger partial charge in [-0.2, -0.15) is 4.37 Å². The minimum atomic E-state index is 0.236. The molecule has 1 aromatic heterocycles. The van der Waals surface area contributed by atoms with Gasteiger partial charge >= 0.3 is 0 Å². The van der Waals surface area contributed by atoms with Crippen molar-refractivity contribution in [3.05, 3.63) is 10.9 Å². The van der Waals surface area contributed by atoms with Crippen molar-refractivity contribution < 1.29 is 9.84 Å². The second kappa shape index (κ2) is 4.31. The maximum Gasteiger partial charge on any atom is 0.225 e. The third-order valence-electron chi connectivity index (χ3n) is 1.33. The summed E-state index contributed by atoms with van der Waals surface area (Å²) in [5.41, 5.74) is 0. The average molecular weight is 173 g/mol. The summed E-state index contributed by atoms with van der Waals surface area (Å²) in [7, 11) is 1.60. The largest absolute Gasteiger partial charge is 0.480 e. The molecular formula is C7H11NO2S. The van der Waals surface area contributed by atoms with E-state index in [1.807, 2.05) is 6.07 Å². The van der Waals surface area contributed by atoms with Gasteiger partial charge in [-0.1, -0.05) is 0 Å². The monoisotopic (exact) mass is 173 g/mol. The molecule has 11 heavy (non-hydrogen) atoms. The van der Waals surface area contributed by atoms with Crippen LogP contribution in [0.25, 0.3) is 0 Å². The van der Waals surface area contributed by atoms with Crippen LogP contribution in [0.2, 0.25) is 0 Å². The zero-order chi connectivity index (χ0) is 8.10. The number of aromatic nitrogens is 1. The normalized spacial score (nSPS) is 10.0. The molecule has 0 aliphatic carbocycles. The molecular weight excluding hydrogens is 162 g/mol. The van der Waals surface area contributed by atoms with Crippen molar-refractivity contribution in [2.75, 3.05) is 13.7 Å². The predicted molar refractivity (Wildman–Crippen MR) is 44.1 cm³/mol. The van der Waals surface area contributed by atoms with Crippen LogP contribution < -0.4 is 4.74 Å². The summed E-state index contributed by atoms with van der Waals surface area (Å²) < 4.78 is 8.94. The van der Waals surface area contributed by atoms with Gasteiger partial charge in [0, 0.05) is 17.6 Å². The molecule has 0 fully saturated rings. The number of ether oxygens (including phenoxy) is 1. The Hall–Kier alpha value is -0.610. The Morgan fingerprint density at radius 1 is 1.73 bits per heavy atom. The number of hydrogen-bond acceptors (Lipinski definition) is 4. The van der Waals surface area contributed by atoms with Gasteiger partial charge in [-0.25, -0.2) is 0 Å². The standard InChI is InChI=1S/C7H11NO2S/c1-10-7-5-6(11-8-7)3-2-4-9/h5,9H,2-4H2,1H3. The van der Waals surface area contributed by atoms with E-state index in [9.17, 15) is 0 Å². The molecule has 1 rings (SSSR count). The highest BCUT2D eigenvalue weighted by Gasteiger charge is 1.99. The molecule has 0 atom stereocenters. The summed E-state index contributed by atoms with van der Waals surface area (Å²) in [4.78, 5) is 1.16. The molecule has 0 aliphatic rings. The molecule has 0 saturated heterocycles. The first-order valence-electron chi connectivity index (χ1n) is 3.47. The van der Waals surface area contributed by atoms with Gasteiger partial charge in [0.15, 0.2) is 0 Å². The van der Waals surface area contributed by atoms with Gasteiger partial charge in [-0.15, -0.1) is 0 Å². The summed E-state index contributed by atoms with van der Waals surface area (Å²) in [6, 6.07) is 1.90. The first-order chi connectivity index (χ1) is 5.36. The zero-order valence-electron chi connectivity index (χ0n) is 6.41. The molecule has 0 saturated carbocycles. The van der Waals surface area contributed by atoms with Crippen molar-refractivity contribution in [3.8, 4) is 5.88 Å². The van der Waals surface area contributed by atoms with E-state index in [2.05, 4.69) is 4.37 Å². The van der Waals surface area contributed by atoms with Crippen LogP contribution in [0.5, 0.6) is 5.88 Å². The van der Waals surface area contributed by atoms with Crippen molar-refractivity contribution in [2.45, 2.75) is 12.8 Å². The molecule has 0 radical (unpaired) electrons. The summed E-state index contributed by atoms with van der Waals surface area (Å²) in [5.74, 6) is 0.669. The molecule has 4 heteroatoms. The molecule has 0 spiro atoms. The van der Waals surface area contributed by atoms with E-state index in [0.29, 0.717) is 5.88 Å². The van der Waals surface area contributed by atoms with Crippen LogP contribution in [0.1, 0.15) is 11.3 Å². The number of rotatable bonds is 4. The second-order valence-electron chi connectivity index (χ2n) is 2.16. The Morgan fingerprint density at radius 3 is 3.09 bits per heavy atom. The van der Waals surface area contributed by atoms with Gasteiger partial charge in [0.1, 0.15) is 0 Å². The maximum atomic E-state index is 8.54. The molecule has 3 nitrogen and oxygen atoms in total. The first-order valence-corrected chi connectivity index (χ1v) is 4.24. The van der Waals surface area contributed by atoms with Gasteiger partial charge < -0.3 is 9.84 Å². The van der Waals surface area contributed by atoms with Crippen LogP contribution in [0.4, 0.5) is 0 Å². The van der Waals surface area contributed by atoms with Crippen molar-refractivity contribution in [1.82, 2.24) is 4.37 Å². The van der Waals surface area contributed by atoms with E-state index in [0.717, 1.165) is 17.7 Å².